The average Bonchev–Trinajstić information content (AvgIpc) is 3.04. The van der Waals surface area contributed by atoms with Crippen LogP contribution in [0.2, 0.25) is 0 Å². The Kier molecular flexibility index (Phi) is 3.87. The molecule has 1 heterocycles. The minimum atomic E-state index is 0.454. The molecule has 1 aromatic rings. The molecule has 0 radical (unpaired) electrons. The number of rotatable bonds is 6. The van der Waals surface area contributed by atoms with E-state index in [1.807, 2.05) is 4.68 Å². The zero-order chi connectivity index (χ0) is 13.2. The highest BCUT2D eigenvalue weighted by atomic mass is 15.3. The van der Waals surface area contributed by atoms with E-state index in [4.69, 9.17) is 0 Å². The normalized spacial score (nSPS) is 32.6. The molecule has 0 aromatic carbocycles. The molecular formula is C15H26N4. The molecular weight excluding hydrogens is 236 g/mol. The molecule has 106 valence electrons. The Morgan fingerprint density at radius 1 is 1.26 bits per heavy atom. The van der Waals surface area contributed by atoms with Gasteiger partial charge in [0.25, 0.3) is 0 Å². The fraction of sp³-hybridized carbons (Fsp3) is 0.867. The molecule has 0 amide bonds. The van der Waals surface area contributed by atoms with Gasteiger partial charge in [0, 0.05) is 12.1 Å². The maximum Gasteiger partial charge on any atom is 0.137 e. The van der Waals surface area contributed by atoms with E-state index < -0.39 is 0 Å². The topological polar surface area (TPSA) is 42.7 Å². The molecule has 0 spiro atoms. The molecule has 0 aliphatic heterocycles. The summed E-state index contributed by atoms with van der Waals surface area (Å²) in [6.07, 6.45) is 10.8. The zero-order valence-corrected chi connectivity index (χ0v) is 12.1. The maximum absolute atomic E-state index is 4.16. The minimum absolute atomic E-state index is 0.454. The van der Waals surface area contributed by atoms with Crippen LogP contribution in [0, 0.1) is 17.8 Å². The van der Waals surface area contributed by atoms with Crippen LogP contribution in [0.5, 0.6) is 0 Å². The molecule has 1 aromatic heterocycles. The summed E-state index contributed by atoms with van der Waals surface area (Å²) in [5, 5.41) is 7.88. The average molecular weight is 262 g/mol. The molecule has 2 aliphatic carbocycles. The SMILES string of the molecule is C[C@H](C[C@@H]1C[C@H]2CC[C@H]1C2)N[C@@H](C)Cn1cncn1. The van der Waals surface area contributed by atoms with Crippen molar-refractivity contribution in [3.63, 3.8) is 0 Å². The molecule has 4 nitrogen and oxygen atoms in total. The van der Waals surface area contributed by atoms with Gasteiger partial charge in [-0.1, -0.05) is 6.42 Å². The fourth-order valence-corrected chi connectivity index (χ4v) is 4.33. The van der Waals surface area contributed by atoms with Crippen molar-refractivity contribution in [3.8, 4) is 0 Å². The summed E-state index contributed by atoms with van der Waals surface area (Å²) < 4.78 is 1.90. The molecule has 4 heteroatoms. The number of nitrogens with zero attached hydrogens (tertiary/aromatic N) is 3. The molecule has 19 heavy (non-hydrogen) atoms. The number of hydrogen-bond acceptors (Lipinski definition) is 3. The van der Waals surface area contributed by atoms with Crippen molar-refractivity contribution in [3.05, 3.63) is 12.7 Å². The summed E-state index contributed by atoms with van der Waals surface area (Å²) >= 11 is 0. The summed E-state index contributed by atoms with van der Waals surface area (Å²) in [4.78, 5) is 3.99. The smallest absolute Gasteiger partial charge is 0.137 e. The van der Waals surface area contributed by atoms with Crippen LogP contribution >= 0.6 is 0 Å². The van der Waals surface area contributed by atoms with Crippen molar-refractivity contribution in [1.82, 2.24) is 20.1 Å². The van der Waals surface area contributed by atoms with E-state index in [1.165, 1.54) is 32.1 Å². The van der Waals surface area contributed by atoms with Gasteiger partial charge >= 0.3 is 0 Å². The largest absolute Gasteiger partial charge is 0.310 e. The summed E-state index contributed by atoms with van der Waals surface area (Å²) in [6.45, 7) is 5.48. The van der Waals surface area contributed by atoms with Crippen LogP contribution in [0.1, 0.15) is 46.0 Å². The van der Waals surface area contributed by atoms with Gasteiger partial charge in [0.15, 0.2) is 0 Å². The summed E-state index contributed by atoms with van der Waals surface area (Å²) in [5.41, 5.74) is 0. The first-order valence-corrected chi connectivity index (χ1v) is 7.79. The van der Waals surface area contributed by atoms with Crippen LogP contribution in [0.3, 0.4) is 0 Å². The Labute approximate surface area is 116 Å². The van der Waals surface area contributed by atoms with Crippen molar-refractivity contribution in [1.29, 1.82) is 0 Å². The Bertz CT molecular complexity index is 389. The molecule has 0 saturated heterocycles. The van der Waals surface area contributed by atoms with Crippen molar-refractivity contribution < 1.29 is 0 Å². The third-order valence-electron chi connectivity index (χ3n) is 5.04. The third-order valence-corrected chi connectivity index (χ3v) is 5.04. The first-order chi connectivity index (χ1) is 9.20. The van der Waals surface area contributed by atoms with Gasteiger partial charge in [-0.15, -0.1) is 0 Å². The highest BCUT2D eigenvalue weighted by Gasteiger charge is 2.39. The van der Waals surface area contributed by atoms with Crippen LogP contribution < -0.4 is 5.32 Å². The highest BCUT2D eigenvalue weighted by Crippen LogP contribution is 2.49. The Balaban J connectivity index is 1.42. The molecule has 2 fully saturated rings. The molecule has 2 saturated carbocycles. The van der Waals surface area contributed by atoms with E-state index in [0.717, 1.165) is 24.3 Å². The predicted molar refractivity (Wildman–Crippen MR) is 75.6 cm³/mol. The van der Waals surface area contributed by atoms with E-state index in [9.17, 15) is 0 Å². The van der Waals surface area contributed by atoms with E-state index in [2.05, 4.69) is 29.2 Å². The Morgan fingerprint density at radius 2 is 2.16 bits per heavy atom. The van der Waals surface area contributed by atoms with E-state index >= 15 is 0 Å². The lowest BCUT2D eigenvalue weighted by atomic mass is 9.84. The lowest BCUT2D eigenvalue weighted by Crippen LogP contribution is -2.39. The van der Waals surface area contributed by atoms with Crippen LogP contribution in [-0.4, -0.2) is 26.8 Å². The number of hydrogen-bond donors (Lipinski definition) is 1. The van der Waals surface area contributed by atoms with Gasteiger partial charge in [-0.25, -0.2) is 4.98 Å². The van der Waals surface area contributed by atoms with Gasteiger partial charge in [0.05, 0.1) is 6.54 Å². The number of fused-ring (bicyclic) bond motifs is 2. The third kappa shape index (κ3) is 3.16. The van der Waals surface area contributed by atoms with Crippen molar-refractivity contribution in [2.45, 2.75) is 64.6 Å². The summed E-state index contributed by atoms with van der Waals surface area (Å²) in [6, 6.07) is 1.07. The van der Waals surface area contributed by atoms with Crippen LogP contribution in [-0.2, 0) is 6.54 Å². The van der Waals surface area contributed by atoms with Gasteiger partial charge in [0.2, 0.25) is 0 Å². The van der Waals surface area contributed by atoms with Gasteiger partial charge in [-0.05, 0) is 57.3 Å². The van der Waals surface area contributed by atoms with E-state index in [1.54, 1.807) is 12.7 Å². The second kappa shape index (κ2) is 5.61. The Morgan fingerprint density at radius 3 is 2.79 bits per heavy atom. The second-order valence-corrected chi connectivity index (χ2v) is 6.76. The summed E-state index contributed by atoms with van der Waals surface area (Å²) in [5.74, 6) is 3.09. The molecule has 2 aliphatic rings. The van der Waals surface area contributed by atoms with Crippen molar-refractivity contribution >= 4 is 0 Å². The van der Waals surface area contributed by atoms with E-state index in [-0.39, 0.29) is 0 Å². The first-order valence-electron chi connectivity index (χ1n) is 7.79. The number of aromatic nitrogens is 3. The quantitative estimate of drug-likeness (QED) is 0.856. The van der Waals surface area contributed by atoms with Gasteiger partial charge in [0.1, 0.15) is 12.7 Å². The minimum Gasteiger partial charge on any atom is -0.310 e. The molecule has 5 atom stereocenters. The van der Waals surface area contributed by atoms with Crippen LogP contribution in [0.25, 0.3) is 0 Å². The van der Waals surface area contributed by atoms with Crippen LogP contribution in [0.15, 0.2) is 12.7 Å². The van der Waals surface area contributed by atoms with Crippen molar-refractivity contribution in [2.24, 2.45) is 17.8 Å². The highest BCUT2D eigenvalue weighted by molar-refractivity contribution is 4.91. The maximum atomic E-state index is 4.16. The zero-order valence-electron chi connectivity index (χ0n) is 12.1. The lowest BCUT2D eigenvalue weighted by Gasteiger charge is -2.27. The predicted octanol–water partition coefficient (Wildman–Crippen LogP) is 2.47. The molecule has 1 N–H and O–H groups in total. The van der Waals surface area contributed by atoms with Gasteiger partial charge in [-0.2, -0.15) is 5.10 Å². The van der Waals surface area contributed by atoms with Crippen LogP contribution in [0.4, 0.5) is 0 Å². The second-order valence-electron chi connectivity index (χ2n) is 6.76. The van der Waals surface area contributed by atoms with Gasteiger partial charge in [-0.3, -0.25) is 4.68 Å². The number of nitrogens with one attached hydrogen (secondary N) is 1. The molecule has 0 unspecified atom stereocenters. The van der Waals surface area contributed by atoms with Crippen molar-refractivity contribution in [2.75, 3.05) is 0 Å². The first kappa shape index (κ1) is 13.1. The van der Waals surface area contributed by atoms with Gasteiger partial charge < -0.3 is 5.32 Å². The standard InChI is InChI=1S/C15H26N4/c1-11(5-15-7-13-3-4-14(15)6-13)18-12(2)8-19-10-16-9-17-19/h9-15,18H,3-8H2,1-2H3/t11-,12+,13+,14+,15-/m1/s1. The fourth-order valence-electron chi connectivity index (χ4n) is 4.33. The van der Waals surface area contributed by atoms with E-state index in [0.29, 0.717) is 12.1 Å². The molecule has 3 rings (SSSR count). The monoisotopic (exact) mass is 262 g/mol. The Hall–Kier alpha value is -0.900. The lowest BCUT2D eigenvalue weighted by molar-refractivity contribution is 0.271. The summed E-state index contributed by atoms with van der Waals surface area (Å²) in [7, 11) is 0. The molecule has 2 bridgehead atoms.